The van der Waals surface area contributed by atoms with Gasteiger partial charge in [-0.05, 0) is 30.5 Å². The molecule has 0 fully saturated rings. The molecule has 0 spiro atoms. The first-order valence-corrected chi connectivity index (χ1v) is 6.50. The first-order valence-electron chi connectivity index (χ1n) is 6.50. The number of rotatable bonds is 8. The lowest BCUT2D eigenvalue weighted by Crippen LogP contribution is -2.51. The van der Waals surface area contributed by atoms with Gasteiger partial charge >= 0.3 is 11.9 Å². The van der Waals surface area contributed by atoms with Crippen molar-refractivity contribution in [2.75, 3.05) is 12.3 Å². The van der Waals surface area contributed by atoms with Crippen molar-refractivity contribution in [3.63, 3.8) is 0 Å². The van der Waals surface area contributed by atoms with Gasteiger partial charge in [-0.3, -0.25) is 9.59 Å². The van der Waals surface area contributed by atoms with Crippen LogP contribution in [0.15, 0.2) is 36.9 Å². The third kappa shape index (κ3) is 5.27. The summed E-state index contributed by atoms with van der Waals surface area (Å²) in [5, 5.41) is 8.94. The molecule has 1 aromatic rings. The van der Waals surface area contributed by atoms with Gasteiger partial charge in [0.2, 0.25) is 0 Å². The normalized spacial score (nSPS) is 13.2. The third-order valence-corrected chi connectivity index (χ3v) is 3.02. The molecule has 0 bridgehead atoms. The fourth-order valence-corrected chi connectivity index (χ4v) is 1.93. The maximum atomic E-state index is 12.0. The van der Waals surface area contributed by atoms with Gasteiger partial charge in [0.05, 0.1) is 6.42 Å². The van der Waals surface area contributed by atoms with Crippen LogP contribution in [0.4, 0.5) is 5.69 Å². The largest absolute Gasteiger partial charge is 0.481 e. The van der Waals surface area contributed by atoms with Crippen LogP contribution in [0.25, 0.3) is 0 Å². The molecule has 5 N–H and O–H groups in total. The molecule has 1 aromatic carbocycles. The molecule has 114 valence electrons. The van der Waals surface area contributed by atoms with E-state index in [-0.39, 0.29) is 13.0 Å². The standard InChI is InChI=1S/C15H20N2O4/c1-2-8-21-14(20)15(17,10-13(18)19)7-6-11-4-3-5-12(16)9-11/h2-5,9H,1,6-8,10,16-17H2,(H,18,19). The van der Waals surface area contributed by atoms with Crippen LogP contribution in [0, 0.1) is 0 Å². The maximum absolute atomic E-state index is 12.0. The van der Waals surface area contributed by atoms with Crippen molar-refractivity contribution < 1.29 is 19.4 Å². The van der Waals surface area contributed by atoms with E-state index in [0.717, 1.165) is 5.56 Å². The van der Waals surface area contributed by atoms with E-state index >= 15 is 0 Å². The van der Waals surface area contributed by atoms with Gasteiger partial charge in [-0.1, -0.05) is 24.8 Å². The Balaban J connectivity index is 2.79. The number of carbonyl (C=O) groups excluding carboxylic acids is 1. The minimum atomic E-state index is -1.57. The van der Waals surface area contributed by atoms with E-state index in [9.17, 15) is 9.59 Å². The molecular weight excluding hydrogens is 272 g/mol. The lowest BCUT2D eigenvalue weighted by Gasteiger charge is -2.25. The number of nitrogen functional groups attached to an aromatic ring is 1. The van der Waals surface area contributed by atoms with Crippen molar-refractivity contribution in [3.05, 3.63) is 42.5 Å². The zero-order chi connectivity index (χ0) is 15.9. The summed E-state index contributed by atoms with van der Waals surface area (Å²) in [4.78, 5) is 22.9. The van der Waals surface area contributed by atoms with Gasteiger partial charge in [-0.2, -0.15) is 0 Å². The van der Waals surface area contributed by atoms with Crippen molar-refractivity contribution in [1.29, 1.82) is 0 Å². The van der Waals surface area contributed by atoms with Crippen LogP contribution in [0.2, 0.25) is 0 Å². The molecule has 6 heteroatoms. The number of aryl methyl sites for hydroxylation is 1. The molecule has 0 radical (unpaired) electrons. The van der Waals surface area contributed by atoms with Gasteiger partial charge in [0.25, 0.3) is 0 Å². The smallest absolute Gasteiger partial charge is 0.327 e. The second-order valence-electron chi connectivity index (χ2n) is 4.86. The summed E-state index contributed by atoms with van der Waals surface area (Å²) in [6.07, 6.45) is 1.49. The summed E-state index contributed by atoms with van der Waals surface area (Å²) in [5.41, 5.74) is 11.5. The van der Waals surface area contributed by atoms with Crippen molar-refractivity contribution in [3.8, 4) is 0 Å². The van der Waals surface area contributed by atoms with E-state index in [2.05, 4.69) is 6.58 Å². The fraction of sp³-hybridized carbons (Fsp3) is 0.333. The van der Waals surface area contributed by atoms with Crippen LogP contribution >= 0.6 is 0 Å². The lowest BCUT2D eigenvalue weighted by atomic mass is 9.89. The number of ether oxygens (including phenoxy) is 1. The molecule has 0 aromatic heterocycles. The number of anilines is 1. The number of esters is 1. The van der Waals surface area contributed by atoms with E-state index in [0.29, 0.717) is 12.1 Å². The highest BCUT2D eigenvalue weighted by Crippen LogP contribution is 2.19. The van der Waals surface area contributed by atoms with E-state index in [1.165, 1.54) is 6.08 Å². The molecule has 21 heavy (non-hydrogen) atoms. The first-order chi connectivity index (χ1) is 9.87. The van der Waals surface area contributed by atoms with Crippen LogP contribution < -0.4 is 11.5 Å². The average molecular weight is 292 g/mol. The molecule has 0 saturated carbocycles. The zero-order valence-electron chi connectivity index (χ0n) is 11.7. The second kappa shape index (κ2) is 7.44. The van der Waals surface area contributed by atoms with E-state index in [4.69, 9.17) is 21.3 Å². The molecule has 1 unspecified atom stereocenters. The van der Waals surface area contributed by atoms with Gasteiger partial charge in [0, 0.05) is 5.69 Å². The average Bonchev–Trinajstić information content (AvgIpc) is 2.42. The molecule has 1 atom stereocenters. The highest BCUT2D eigenvalue weighted by Gasteiger charge is 2.37. The zero-order valence-corrected chi connectivity index (χ0v) is 11.7. The quantitative estimate of drug-likeness (QED) is 0.375. The van der Waals surface area contributed by atoms with Crippen LogP contribution in [0.5, 0.6) is 0 Å². The Kier molecular flexibility index (Phi) is 5.92. The number of benzene rings is 1. The van der Waals surface area contributed by atoms with Gasteiger partial charge in [0.15, 0.2) is 0 Å². The third-order valence-electron chi connectivity index (χ3n) is 3.02. The van der Waals surface area contributed by atoms with Crippen molar-refractivity contribution in [2.24, 2.45) is 5.73 Å². The lowest BCUT2D eigenvalue weighted by molar-refractivity contribution is -0.154. The molecular formula is C15H20N2O4. The summed E-state index contributed by atoms with van der Waals surface area (Å²) >= 11 is 0. The number of hydrogen-bond donors (Lipinski definition) is 3. The van der Waals surface area contributed by atoms with Crippen LogP contribution in [-0.4, -0.2) is 29.2 Å². The van der Waals surface area contributed by atoms with Crippen LogP contribution in [-0.2, 0) is 20.7 Å². The monoisotopic (exact) mass is 292 g/mol. The molecule has 0 aliphatic rings. The Bertz CT molecular complexity index is 530. The van der Waals surface area contributed by atoms with Gasteiger partial charge in [0.1, 0.15) is 12.1 Å². The molecule has 0 heterocycles. The van der Waals surface area contributed by atoms with Crippen molar-refractivity contribution in [2.45, 2.75) is 24.8 Å². The van der Waals surface area contributed by atoms with Crippen molar-refractivity contribution in [1.82, 2.24) is 0 Å². The Hall–Kier alpha value is -2.34. The number of carbonyl (C=O) groups is 2. The molecule has 0 saturated heterocycles. The Morgan fingerprint density at radius 1 is 1.43 bits per heavy atom. The second-order valence-corrected chi connectivity index (χ2v) is 4.86. The van der Waals surface area contributed by atoms with Gasteiger partial charge in [-0.25, -0.2) is 0 Å². The molecule has 0 aliphatic heterocycles. The van der Waals surface area contributed by atoms with E-state index < -0.39 is 23.9 Å². The van der Waals surface area contributed by atoms with E-state index in [1.807, 2.05) is 6.07 Å². The summed E-state index contributed by atoms with van der Waals surface area (Å²) in [7, 11) is 0. The molecule has 1 rings (SSSR count). The number of nitrogens with two attached hydrogens (primary N) is 2. The predicted octanol–water partition coefficient (Wildman–Crippen LogP) is 1.10. The summed E-state index contributed by atoms with van der Waals surface area (Å²) in [6.45, 7) is 3.43. The van der Waals surface area contributed by atoms with Gasteiger partial charge in [-0.15, -0.1) is 0 Å². The summed E-state index contributed by atoms with van der Waals surface area (Å²) < 4.78 is 4.90. The minimum Gasteiger partial charge on any atom is -0.481 e. The predicted molar refractivity (Wildman–Crippen MR) is 79.5 cm³/mol. The Morgan fingerprint density at radius 3 is 2.71 bits per heavy atom. The van der Waals surface area contributed by atoms with Crippen LogP contribution in [0.1, 0.15) is 18.4 Å². The Morgan fingerprint density at radius 2 is 2.14 bits per heavy atom. The number of aliphatic carboxylic acids is 1. The highest BCUT2D eigenvalue weighted by molar-refractivity contribution is 5.86. The summed E-state index contributed by atoms with van der Waals surface area (Å²) in [5.74, 6) is -1.89. The molecule has 6 nitrogen and oxygen atoms in total. The first kappa shape index (κ1) is 16.7. The van der Waals surface area contributed by atoms with Crippen LogP contribution in [0.3, 0.4) is 0 Å². The van der Waals surface area contributed by atoms with Crippen molar-refractivity contribution >= 4 is 17.6 Å². The minimum absolute atomic E-state index is 0.00428. The molecule has 0 amide bonds. The number of carboxylic acids is 1. The highest BCUT2D eigenvalue weighted by atomic mass is 16.5. The molecule has 0 aliphatic carbocycles. The fourth-order valence-electron chi connectivity index (χ4n) is 1.93. The number of hydrogen-bond acceptors (Lipinski definition) is 5. The number of carboxylic acid groups (broad SMARTS) is 1. The summed E-state index contributed by atoms with van der Waals surface area (Å²) in [6, 6.07) is 7.13. The maximum Gasteiger partial charge on any atom is 0.327 e. The topological polar surface area (TPSA) is 116 Å². The SMILES string of the molecule is C=CCOC(=O)C(N)(CCc1cccc(N)c1)CC(=O)O. The Labute approximate surface area is 123 Å². The van der Waals surface area contributed by atoms with Gasteiger partial charge < -0.3 is 21.3 Å². The van der Waals surface area contributed by atoms with E-state index in [1.54, 1.807) is 18.2 Å².